The van der Waals surface area contributed by atoms with Crippen LogP contribution in [0.15, 0.2) is 78.9 Å². The van der Waals surface area contributed by atoms with Crippen LogP contribution in [0.1, 0.15) is 38.7 Å². The summed E-state index contributed by atoms with van der Waals surface area (Å²) in [5.74, 6) is -0.140. The predicted octanol–water partition coefficient (Wildman–Crippen LogP) is 4.01. The van der Waals surface area contributed by atoms with Crippen LogP contribution in [0.4, 0.5) is 0 Å². The summed E-state index contributed by atoms with van der Waals surface area (Å²) in [4.78, 5) is 12.7. The largest absolute Gasteiger partial charge is 0.392 e. The fourth-order valence-corrected chi connectivity index (χ4v) is 2.74. The second-order valence-corrected chi connectivity index (χ2v) is 6.08. The Morgan fingerprint density at radius 3 is 2.08 bits per heavy atom. The topological polar surface area (TPSA) is 49.3 Å². The van der Waals surface area contributed by atoms with Crippen molar-refractivity contribution in [3.05, 3.63) is 107 Å². The molecule has 3 nitrogen and oxygen atoms in total. The lowest BCUT2D eigenvalue weighted by Crippen LogP contribution is -2.29. The standard InChI is InChI=1S/C22H21NO2/c1-16-7-11-19(12-8-16)21(18-5-3-2-4-6-18)23-22(25)20-13-9-17(15-24)10-14-20/h2-14,21,24H,15H2,1H3,(H,23,25). The van der Waals surface area contributed by atoms with Crippen LogP contribution in [0.2, 0.25) is 0 Å². The zero-order valence-corrected chi connectivity index (χ0v) is 14.1. The molecule has 0 aromatic heterocycles. The van der Waals surface area contributed by atoms with Crippen molar-refractivity contribution in [2.45, 2.75) is 19.6 Å². The van der Waals surface area contributed by atoms with Gasteiger partial charge in [-0.1, -0.05) is 72.3 Å². The normalized spacial score (nSPS) is 11.8. The summed E-state index contributed by atoms with van der Waals surface area (Å²) in [7, 11) is 0. The molecule has 0 heterocycles. The molecule has 0 saturated heterocycles. The minimum atomic E-state index is -0.216. The van der Waals surface area contributed by atoms with Gasteiger partial charge < -0.3 is 10.4 Å². The van der Waals surface area contributed by atoms with Gasteiger partial charge in [0, 0.05) is 5.56 Å². The van der Waals surface area contributed by atoms with Gasteiger partial charge in [-0.25, -0.2) is 0 Å². The number of carbonyl (C=O) groups is 1. The summed E-state index contributed by atoms with van der Waals surface area (Å²) in [5, 5.41) is 12.3. The molecule has 3 heteroatoms. The number of aryl methyl sites for hydroxylation is 1. The molecule has 0 radical (unpaired) electrons. The summed E-state index contributed by atoms with van der Waals surface area (Å²) in [6.07, 6.45) is 0. The molecule has 3 aromatic rings. The molecule has 25 heavy (non-hydrogen) atoms. The number of hydrogen-bond donors (Lipinski definition) is 2. The van der Waals surface area contributed by atoms with Crippen LogP contribution in [0.3, 0.4) is 0 Å². The van der Waals surface area contributed by atoms with E-state index >= 15 is 0 Å². The zero-order valence-electron chi connectivity index (χ0n) is 14.1. The first kappa shape index (κ1) is 16.9. The molecule has 3 aromatic carbocycles. The fourth-order valence-electron chi connectivity index (χ4n) is 2.74. The van der Waals surface area contributed by atoms with Crippen molar-refractivity contribution in [2.75, 3.05) is 0 Å². The van der Waals surface area contributed by atoms with Crippen LogP contribution in [0, 0.1) is 6.92 Å². The Balaban J connectivity index is 1.89. The maximum atomic E-state index is 12.7. The van der Waals surface area contributed by atoms with Crippen LogP contribution >= 0.6 is 0 Å². The molecule has 0 aliphatic heterocycles. The highest BCUT2D eigenvalue weighted by molar-refractivity contribution is 5.94. The van der Waals surface area contributed by atoms with E-state index in [1.165, 1.54) is 5.56 Å². The van der Waals surface area contributed by atoms with Crippen molar-refractivity contribution in [3.8, 4) is 0 Å². The predicted molar refractivity (Wildman–Crippen MR) is 99.3 cm³/mol. The van der Waals surface area contributed by atoms with Crippen molar-refractivity contribution in [1.29, 1.82) is 0 Å². The van der Waals surface area contributed by atoms with Gasteiger partial charge in [0.25, 0.3) is 5.91 Å². The van der Waals surface area contributed by atoms with Crippen molar-refractivity contribution < 1.29 is 9.90 Å². The highest BCUT2D eigenvalue weighted by atomic mass is 16.3. The van der Waals surface area contributed by atoms with Crippen molar-refractivity contribution in [2.24, 2.45) is 0 Å². The molecule has 0 saturated carbocycles. The van der Waals surface area contributed by atoms with Crippen LogP contribution in [-0.2, 0) is 6.61 Å². The number of rotatable bonds is 5. The van der Waals surface area contributed by atoms with Gasteiger partial charge in [-0.15, -0.1) is 0 Å². The first-order valence-corrected chi connectivity index (χ1v) is 8.29. The van der Waals surface area contributed by atoms with E-state index in [4.69, 9.17) is 5.11 Å². The molecule has 0 aliphatic carbocycles. The molecular weight excluding hydrogens is 310 g/mol. The van der Waals surface area contributed by atoms with Gasteiger partial charge in [-0.2, -0.15) is 0 Å². The monoisotopic (exact) mass is 331 g/mol. The Kier molecular flexibility index (Phi) is 5.26. The first-order chi connectivity index (χ1) is 12.2. The summed E-state index contributed by atoms with van der Waals surface area (Å²) in [5.41, 5.74) is 4.62. The first-order valence-electron chi connectivity index (χ1n) is 8.29. The summed E-state index contributed by atoms with van der Waals surface area (Å²) < 4.78 is 0. The molecule has 0 bridgehead atoms. The number of amides is 1. The van der Waals surface area contributed by atoms with E-state index < -0.39 is 0 Å². The molecule has 1 unspecified atom stereocenters. The quantitative estimate of drug-likeness (QED) is 0.742. The van der Waals surface area contributed by atoms with Gasteiger partial charge in [0.2, 0.25) is 0 Å². The number of nitrogens with one attached hydrogen (secondary N) is 1. The third-order valence-electron chi connectivity index (χ3n) is 4.22. The van der Waals surface area contributed by atoms with E-state index in [0.29, 0.717) is 5.56 Å². The summed E-state index contributed by atoms with van der Waals surface area (Å²) >= 11 is 0. The molecule has 2 N–H and O–H groups in total. The van der Waals surface area contributed by atoms with E-state index in [1.807, 2.05) is 61.5 Å². The average molecular weight is 331 g/mol. The molecule has 126 valence electrons. The zero-order chi connectivity index (χ0) is 17.6. The van der Waals surface area contributed by atoms with Crippen LogP contribution < -0.4 is 5.32 Å². The van der Waals surface area contributed by atoms with Crippen LogP contribution in [0.25, 0.3) is 0 Å². The lowest BCUT2D eigenvalue weighted by Gasteiger charge is -2.20. The lowest BCUT2D eigenvalue weighted by molar-refractivity contribution is 0.0943. The number of hydrogen-bond acceptors (Lipinski definition) is 2. The molecular formula is C22H21NO2. The highest BCUT2D eigenvalue weighted by Crippen LogP contribution is 2.23. The third kappa shape index (κ3) is 4.14. The second-order valence-electron chi connectivity index (χ2n) is 6.08. The minimum absolute atomic E-state index is 0.0299. The van der Waals surface area contributed by atoms with E-state index in [-0.39, 0.29) is 18.6 Å². The molecule has 0 fully saturated rings. The third-order valence-corrected chi connectivity index (χ3v) is 4.22. The number of aliphatic hydroxyl groups is 1. The second kappa shape index (κ2) is 7.77. The van der Waals surface area contributed by atoms with E-state index in [2.05, 4.69) is 5.32 Å². The maximum Gasteiger partial charge on any atom is 0.252 e. The van der Waals surface area contributed by atoms with Gasteiger partial charge in [0.05, 0.1) is 12.6 Å². The van der Waals surface area contributed by atoms with E-state index in [9.17, 15) is 4.79 Å². The Bertz CT molecular complexity index is 824. The van der Waals surface area contributed by atoms with Gasteiger partial charge in [-0.05, 0) is 35.7 Å². The smallest absolute Gasteiger partial charge is 0.252 e. The van der Waals surface area contributed by atoms with Crippen LogP contribution in [0.5, 0.6) is 0 Å². The Morgan fingerprint density at radius 2 is 1.48 bits per heavy atom. The number of aliphatic hydroxyl groups excluding tert-OH is 1. The molecule has 3 rings (SSSR count). The van der Waals surface area contributed by atoms with Crippen LogP contribution in [-0.4, -0.2) is 11.0 Å². The Hall–Kier alpha value is -2.91. The number of benzene rings is 3. The van der Waals surface area contributed by atoms with Gasteiger partial charge in [-0.3, -0.25) is 4.79 Å². The van der Waals surface area contributed by atoms with Gasteiger partial charge in [0.1, 0.15) is 0 Å². The summed E-state index contributed by atoms with van der Waals surface area (Å²) in [6.45, 7) is 2.01. The van der Waals surface area contributed by atoms with Gasteiger partial charge >= 0.3 is 0 Å². The fraction of sp³-hybridized carbons (Fsp3) is 0.136. The molecule has 0 aliphatic rings. The van der Waals surface area contributed by atoms with Crippen molar-refractivity contribution in [3.63, 3.8) is 0 Å². The van der Waals surface area contributed by atoms with Crippen molar-refractivity contribution >= 4 is 5.91 Å². The highest BCUT2D eigenvalue weighted by Gasteiger charge is 2.17. The summed E-state index contributed by atoms with van der Waals surface area (Å²) in [6, 6.07) is 24.9. The van der Waals surface area contributed by atoms with Crippen molar-refractivity contribution in [1.82, 2.24) is 5.32 Å². The molecule has 1 atom stereocenters. The van der Waals surface area contributed by atoms with E-state index in [1.54, 1.807) is 24.3 Å². The Morgan fingerprint density at radius 1 is 0.880 bits per heavy atom. The van der Waals surface area contributed by atoms with Gasteiger partial charge in [0.15, 0.2) is 0 Å². The molecule has 0 spiro atoms. The molecule has 1 amide bonds. The number of carbonyl (C=O) groups excluding carboxylic acids is 1. The maximum absolute atomic E-state index is 12.7. The van der Waals surface area contributed by atoms with E-state index in [0.717, 1.165) is 16.7 Å². The lowest BCUT2D eigenvalue weighted by atomic mass is 9.97. The average Bonchev–Trinajstić information content (AvgIpc) is 2.67. The minimum Gasteiger partial charge on any atom is -0.392 e. The SMILES string of the molecule is Cc1ccc(C(NC(=O)c2ccc(CO)cc2)c2ccccc2)cc1. The Labute approximate surface area is 148 Å².